The van der Waals surface area contributed by atoms with Gasteiger partial charge < -0.3 is 20.2 Å². The van der Waals surface area contributed by atoms with Gasteiger partial charge in [0.15, 0.2) is 5.96 Å². The third kappa shape index (κ3) is 4.89. The van der Waals surface area contributed by atoms with Crippen molar-refractivity contribution in [2.75, 3.05) is 13.1 Å². The molecule has 0 bridgehead atoms. The maximum absolute atomic E-state index is 12.9. The fourth-order valence-electron chi connectivity index (χ4n) is 1.88. The number of furan rings is 1. The van der Waals surface area contributed by atoms with Crippen LogP contribution in [0.5, 0.6) is 0 Å². The van der Waals surface area contributed by atoms with Crippen LogP contribution in [0.2, 0.25) is 0 Å². The molecule has 3 N–H and O–H groups in total. The van der Waals surface area contributed by atoms with E-state index in [1.165, 1.54) is 18.4 Å². The quantitative estimate of drug-likeness (QED) is 0.565. The molecule has 6 heteroatoms. The molecule has 1 aromatic carbocycles. The van der Waals surface area contributed by atoms with Gasteiger partial charge in [-0.05, 0) is 36.8 Å². The number of halogens is 1. The lowest BCUT2D eigenvalue weighted by atomic mass is 10.2. The van der Waals surface area contributed by atoms with Gasteiger partial charge in [-0.15, -0.1) is 0 Å². The van der Waals surface area contributed by atoms with Crippen molar-refractivity contribution in [1.82, 2.24) is 10.6 Å². The number of hydrogen-bond donors (Lipinski definition) is 3. The fraction of sp³-hybridized carbons (Fsp3) is 0.312. The van der Waals surface area contributed by atoms with Gasteiger partial charge in [-0.2, -0.15) is 0 Å². The smallest absolute Gasteiger partial charge is 0.191 e. The van der Waals surface area contributed by atoms with E-state index < -0.39 is 6.10 Å². The lowest BCUT2D eigenvalue weighted by molar-refractivity contribution is 0.153. The highest BCUT2D eigenvalue weighted by Gasteiger charge is 2.10. The number of nitrogens with one attached hydrogen (secondary N) is 2. The van der Waals surface area contributed by atoms with E-state index in [0.717, 1.165) is 5.56 Å². The molecule has 1 heterocycles. The van der Waals surface area contributed by atoms with Crippen LogP contribution in [-0.4, -0.2) is 24.2 Å². The van der Waals surface area contributed by atoms with Crippen LogP contribution in [0.3, 0.4) is 0 Å². The van der Waals surface area contributed by atoms with Gasteiger partial charge in [0.2, 0.25) is 0 Å². The Morgan fingerprint density at radius 3 is 2.68 bits per heavy atom. The first-order valence-corrected chi connectivity index (χ1v) is 7.17. The summed E-state index contributed by atoms with van der Waals surface area (Å²) in [6.07, 6.45) is 0.775. The van der Waals surface area contributed by atoms with Crippen LogP contribution in [0.15, 0.2) is 52.1 Å². The van der Waals surface area contributed by atoms with Gasteiger partial charge in [0.05, 0.1) is 19.4 Å². The van der Waals surface area contributed by atoms with Crippen LogP contribution in [0, 0.1) is 5.82 Å². The van der Waals surface area contributed by atoms with Crippen molar-refractivity contribution in [2.45, 2.75) is 19.6 Å². The Labute approximate surface area is 128 Å². The maximum atomic E-state index is 12.9. The van der Waals surface area contributed by atoms with Crippen molar-refractivity contribution in [2.24, 2.45) is 4.99 Å². The Kier molecular flexibility index (Phi) is 5.97. The third-order valence-electron chi connectivity index (χ3n) is 3.01. The Balaban J connectivity index is 1.90. The van der Waals surface area contributed by atoms with Crippen LogP contribution in [-0.2, 0) is 6.54 Å². The van der Waals surface area contributed by atoms with Gasteiger partial charge >= 0.3 is 0 Å². The Bertz CT molecular complexity index is 582. The summed E-state index contributed by atoms with van der Waals surface area (Å²) in [5.74, 6) is 0.818. The highest BCUT2D eigenvalue weighted by atomic mass is 19.1. The molecule has 22 heavy (non-hydrogen) atoms. The molecule has 0 spiro atoms. The van der Waals surface area contributed by atoms with Crippen LogP contribution >= 0.6 is 0 Å². The minimum absolute atomic E-state index is 0.265. The van der Waals surface area contributed by atoms with Crippen LogP contribution in [0.4, 0.5) is 4.39 Å². The van der Waals surface area contributed by atoms with Gasteiger partial charge in [-0.1, -0.05) is 12.1 Å². The first-order valence-electron chi connectivity index (χ1n) is 7.17. The zero-order chi connectivity index (χ0) is 15.8. The van der Waals surface area contributed by atoms with E-state index in [-0.39, 0.29) is 12.4 Å². The molecule has 1 atom stereocenters. The molecule has 118 valence electrons. The molecule has 0 saturated carbocycles. The molecule has 0 amide bonds. The average Bonchev–Trinajstić information content (AvgIpc) is 3.06. The second kappa shape index (κ2) is 8.19. The molecule has 2 rings (SSSR count). The minimum Gasteiger partial charge on any atom is -0.467 e. The molecule has 5 nitrogen and oxygen atoms in total. The predicted molar refractivity (Wildman–Crippen MR) is 82.9 cm³/mol. The number of aliphatic hydroxyl groups excluding tert-OH is 1. The van der Waals surface area contributed by atoms with Gasteiger partial charge in [0, 0.05) is 6.54 Å². The number of rotatable bonds is 6. The van der Waals surface area contributed by atoms with E-state index in [0.29, 0.717) is 24.8 Å². The van der Waals surface area contributed by atoms with Gasteiger partial charge in [0.25, 0.3) is 0 Å². The zero-order valence-electron chi connectivity index (χ0n) is 12.4. The van der Waals surface area contributed by atoms with E-state index in [1.807, 2.05) is 6.92 Å². The van der Waals surface area contributed by atoms with Crippen LogP contribution in [0.1, 0.15) is 24.4 Å². The second-order valence-electron chi connectivity index (χ2n) is 4.73. The van der Waals surface area contributed by atoms with Crippen molar-refractivity contribution >= 4 is 5.96 Å². The summed E-state index contributed by atoms with van der Waals surface area (Å²) < 4.78 is 18.0. The molecular weight excluding hydrogens is 285 g/mol. The molecule has 0 aliphatic heterocycles. The van der Waals surface area contributed by atoms with Crippen molar-refractivity contribution in [3.63, 3.8) is 0 Å². The monoisotopic (exact) mass is 305 g/mol. The Morgan fingerprint density at radius 2 is 2.05 bits per heavy atom. The lowest BCUT2D eigenvalue weighted by Crippen LogP contribution is -2.39. The molecule has 1 unspecified atom stereocenters. The van der Waals surface area contributed by atoms with Gasteiger partial charge in [-0.3, -0.25) is 0 Å². The standard InChI is InChI=1S/C16H20FN3O2/c1-2-18-16(19-10-12-5-7-13(17)8-6-12)20-11-14(21)15-4-3-9-22-15/h3-9,14,21H,2,10-11H2,1H3,(H2,18,19,20). The van der Waals surface area contributed by atoms with E-state index in [9.17, 15) is 9.50 Å². The number of nitrogens with zero attached hydrogens (tertiary/aromatic N) is 1. The number of aliphatic hydroxyl groups is 1. The average molecular weight is 305 g/mol. The Morgan fingerprint density at radius 1 is 1.27 bits per heavy atom. The summed E-state index contributed by atoms with van der Waals surface area (Å²) in [5, 5.41) is 16.1. The molecule has 0 aliphatic carbocycles. The molecule has 1 aromatic heterocycles. The Hall–Kier alpha value is -2.34. The highest BCUT2D eigenvalue weighted by molar-refractivity contribution is 5.79. The SMILES string of the molecule is CCNC(=NCc1ccc(F)cc1)NCC(O)c1ccco1. The normalized spacial score (nSPS) is 13.0. The van der Waals surface area contributed by atoms with Crippen molar-refractivity contribution in [1.29, 1.82) is 0 Å². The highest BCUT2D eigenvalue weighted by Crippen LogP contribution is 2.11. The molecule has 0 saturated heterocycles. The predicted octanol–water partition coefficient (Wildman–Crippen LogP) is 2.21. The first kappa shape index (κ1) is 16.0. The molecule has 0 radical (unpaired) electrons. The largest absolute Gasteiger partial charge is 0.467 e. The molecular formula is C16H20FN3O2. The number of hydrogen-bond acceptors (Lipinski definition) is 3. The number of aliphatic imine (C=N–C) groups is 1. The van der Waals surface area contributed by atoms with Crippen LogP contribution in [0.25, 0.3) is 0 Å². The third-order valence-corrected chi connectivity index (χ3v) is 3.01. The topological polar surface area (TPSA) is 69.8 Å². The molecule has 0 aliphatic rings. The van der Waals surface area contributed by atoms with Crippen molar-refractivity contribution in [3.8, 4) is 0 Å². The van der Waals surface area contributed by atoms with Gasteiger partial charge in [-0.25, -0.2) is 9.38 Å². The van der Waals surface area contributed by atoms with E-state index in [1.54, 1.807) is 24.3 Å². The van der Waals surface area contributed by atoms with E-state index >= 15 is 0 Å². The van der Waals surface area contributed by atoms with E-state index in [2.05, 4.69) is 15.6 Å². The lowest BCUT2D eigenvalue weighted by Gasteiger charge is -2.13. The summed E-state index contributed by atoms with van der Waals surface area (Å²) in [7, 11) is 0. The summed E-state index contributed by atoms with van der Waals surface area (Å²) in [4.78, 5) is 4.40. The van der Waals surface area contributed by atoms with Gasteiger partial charge in [0.1, 0.15) is 17.7 Å². The number of guanidine groups is 1. The maximum Gasteiger partial charge on any atom is 0.191 e. The van der Waals surface area contributed by atoms with Crippen molar-refractivity contribution < 1.29 is 13.9 Å². The zero-order valence-corrected chi connectivity index (χ0v) is 12.4. The summed E-state index contributed by atoms with van der Waals surface area (Å²) in [5.41, 5.74) is 0.908. The summed E-state index contributed by atoms with van der Waals surface area (Å²) in [6, 6.07) is 9.65. The second-order valence-corrected chi connectivity index (χ2v) is 4.73. The van der Waals surface area contributed by atoms with Crippen molar-refractivity contribution in [3.05, 3.63) is 59.8 Å². The molecule has 0 fully saturated rings. The summed E-state index contributed by atoms with van der Waals surface area (Å²) in [6.45, 7) is 3.36. The van der Waals surface area contributed by atoms with Crippen LogP contribution < -0.4 is 10.6 Å². The summed E-state index contributed by atoms with van der Waals surface area (Å²) >= 11 is 0. The fourth-order valence-corrected chi connectivity index (χ4v) is 1.88. The number of benzene rings is 1. The molecule has 2 aromatic rings. The van der Waals surface area contributed by atoms with E-state index in [4.69, 9.17) is 4.42 Å². The minimum atomic E-state index is -0.746. The first-order chi connectivity index (χ1) is 10.7.